The maximum absolute atomic E-state index is 13.8. The van der Waals surface area contributed by atoms with E-state index in [4.69, 9.17) is 0 Å². The van der Waals surface area contributed by atoms with Gasteiger partial charge in [0.15, 0.2) is 0 Å². The molecule has 0 spiro atoms. The van der Waals surface area contributed by atoms with Crippen LogP contribution in [0.1, 0.15) is 46.6 Å². The van der Waals surface area contributed by atoms with Crippen molar-refractivity contribution in [2.24, 2.45) is 0 Å². The predicted octanol–water partition coefficient (Wildman–Crippen LogP) is 5.86. The molecule has 5 nitrogen and oxygen atoms in total. The summed E-state index contributed by atoms with van der Waals surface area (Å²) in [5.41, 5.74) is 2.27. The Morgan fingerprint density at radius 1 is 0.889 bits per heavy atom. The third-order valence-corrected chi connectivity index (χ3v) is 8.14. The first-order chi connectivity index (χ1) is 17.6. The van der Waals surface area contributed by atoms with E-state index in [0.29, 0.717) is 30.8 Å². The Morgan fingerprint density at radius 3 is 2.22 bits per heavy atom. The SMILES string of the molecule is CC(NC(=O)C1(c2ccccc2)CCN(C(=O)c2ccc(-c3ccccn3)s2)CC1)c1ccccc1. The van der Waals surface area contributed by atoms with Gasteiger partial charge in [0.1, 0.15) is 0 Å². The van der Waals surface area contributed by atoms with E-state index in [1.807, 2.05) is 103 Å². The van der Waals surface area contributed by atoms with Crippen molar-refractivity contribution in [3.8, 4) is 10.6 Å². The minimum atomic E-state index is -0.671. The highest BCUT2D eigenvalue weighted by Crippen LogP contribution is 2.37. The number of hydrogen-bond donors (Lipinski definition) is 1. The number of piperidine rings is 1. The molecule has 0 radical (unpaired) electrons. The van der Waals surface area contributed by atoms with Crippen molar-refractivity contribution in [2.45, 2.75) is 31.2 Å². The molecule has 1 fully saturated rings. The van der Waals surface area contributed by atoms with E-state index in [1.54, 1.807) is 6.20 Å². The summed E-state index contributed by atoms with van der Waals surface area (Å²) in [6.45, 7) is 3.07. The number of aromatic nitrogens is 1. The monoisotopic (exact) mass is 495 g/mol. The smallest absolute Gasteiger partial charge is 0.263 e. The Morgan fingerprint density at radius 2 is 1.56 bits per heavy atom. The standard InChI is InChI=1S/C30H29N3O2S/c1-22(23-10-4-2-5-11-23)32-29(35)30(24-12-6-3-7-13-24)17-20-33(21-18-30)28(34)27-16-15-26(36-27)25-14-8-9-19-31-25/h2-16,19,22H,17-18,20-21H2,1H3,(H,32,35). The van der Waals surface area contributed by atoms with Crippen molar-refractivity contribution in [2.75, 3.05) is 13.1 Å². The lowest BCUT2D eigenvalue weighted by Gasteiger charge is -2.41. The molecule has 4 aromatic rings. The number of likely N-dealkylation sites (tertiary alicyclic amines) is 1. The number of nitrogens with zero attached hydrogens (tertiary/aromatic N) is 2. The van der Waals surface area contributed by atoms with Crippen LogP contribution in [0.15, 0.2) is 97.2 Å². The van der Waals surface area contributed by atoms with Crippen LogP contribution in [0.5, 0.6) is 0 Å². The predicted molar refractivity (Wildman–Crippen MR) is 144 cm³/mol. The molecule has 36 heavy (non-hydrogen) atoms. The van der Waals surface area contributed by atoms with Crippen molar-refractivity contribution in [3.05, 3.63) is 113 Å². The Balaban J connectivity index is 1.33. The number of amides is 2. The van der Waals surface area contributed by atoms with Crippen molar-refractivity contribution in [1.82, 2.24) is 15.2 Å². The summed E-state index contributed by atoms with van der Waals surface area (Å²) in [5, 5.41) is 3.26. The summed E-state index contributed by atoms with van der Waals surface area (Å²) >= 11 is 1.46. The van der Waals surface area contributed by atoms with E-state index in [0.717, 1.165) is 21.7 Å². The van der Waals surface area contributed by atoms with E-state index in [1.165, 1.54) is 11.3 Å². The van der Waals surface area contributed by atoms with E-state index in [2.05, 4.69) is 10.3 Å². The van der Waals surface area contributed by atoms with Gasteiger partial charge in [0.25, 0.3) is 5.91 Å². The average molecular weight is 496 g/mol. The average Bonchev–Trinajstić information content (AvgIpc) is 3.44. The van der Waals surface area contributed by atoms with Gasteiger partial charge in [-0.15, -0.1) is 11.3 Å². The number of carbonyl (C=O) groups is 2. The molecule has 1 saturated heterocycles. The summed E-state index contributed by atoms with van der Waals surface area (Å²) in [4.78, 5) is 35.1. The molecule has 2 aromatic heterocycles. The largest absolute Gasteiger partial charge is 0.349 e. The molecule has 1 aliphatic rings. The first kappa shape index (κ1) is 23.9. The number of hydrogen-bond acceptors (Lipinski definition) is 4. The lowest BCUT2D eigenvalue weighted by atomic mass is 9.71. The van der Waals surface area contributed by atoms with Gasteiger partial charge in [-0.1, -0.05) is 66.7 Å². The molecule has 1 atom stereocenters. The molecule has 0 aliphatic carbocycles. The van der Waals surface area contributed by atoms with Gasteiger partial charge in [-0.05, 0) is 55.2 Å². The molecule has 3 heterocycles. The van der Waals surface area contributed by atoms with Crippen LogP contribution < -0.4 is 5.32 Å². The van der Waals surface area contributed by atoms with Crippen molar-refractivity contribution >= 4 is 23.2 Å². The molecule has 6 heteroatoms. The van der Waals surface area contributed by atoms with Gasteiger partial charge in [-0.3, -0.25) is 14.6 Å². The van der Waals surface area contributed by atoms with Gasteiger partial charge in [0.2, 0.25) is 5.91 Å². The summed E-state index contributed by atoms with van der Waals surface area (Å²) in [5.74, 6) is 0.0348. The van der Waals surface area contributed by atoms with Crippen LogP contribution in [0.2, 0.25) is 0 Å². The van der Waals surface area contributed by atoms with Gasteiger partial charge in [0.05, 0.1) is 26.9 Å². The van der Waals surface area contributed by atoms with Crippen LogP contribution >= 0.6 is 11.3 Å². The molecular formula is C30H29N3O2S. The maximum Gasteiger partial charge on any atom is 0.263 e. The highest BCUT2D eigenvalue weighted by molar-refractivity contribution is 7.17. The second kappa shape index (κ2) is 10.5. The quantitative estimate of drug-likeness (QED) is 0.364. The Kier molecular flexibility index (Phi) is 6.96. The minimum Gasteiger partial charge on any atom is -0.349 e. The van der Waals surface area contributed by atoms with Crippen LogP contribution in [0.3, 0.4) is 0 Å². The Labute approximate surface area is 215 Å². The topological polar surface area (TPSA) is 62.3 Å². The Hall–Kier alpha value is -3.77. The van der Waals surface area contributed by atoms with Crippen LogP contribution in [0.25, 0.3) is 10.6 Å². The Bertz CT molecular complexity index is 1310. The third kappa shape index (κ3) is 4.82. The number of rotatable bonds is 6. The van der Waals surface area contributed by atoms with E-state index < -0.39 is 5.41 Å². The first-order valence-corrected chi connectivity index (χ1v) is 13.1. The fourth-order valence-electron chi connectivity index (χ4n) is 4.91. The molecule has 1 aliphatic heterocycles. The maximum atomic E-state index is 13.8. The highest BCUT2D eigenvalue weighted by Gasteiger charge is 2.44. The zero-order chi connectivity index (χ0) is 25.0. The molecule has 0 bridgehead atoms. The fraction of sp³-hybridized carbons (Fsp3) is 0.233. The molecule has 0 saturated carbocycles. The van der Waals surface area contributed by atoms with Gasteiger partial charge >= 0.3 is 0 Å². The number of nitrogens with one attached hydrogen (secondary N) is 1. The minimum absolute atomic E-state index is 0.0157. The summed E-state index contributed by atoms with van der Waals surface area (Å²) in [6.07, 6.45) is 2.91. The van der Waals surface area contributed by atoms with Crippen molar-refractivity contribution in [3.63, 3.8) is 0 Å². The lowest BCUT2D eigenvalue weighted by Crippen LogP contribution is -2.53. The molecule has 2 aromatic carbocycles. The molecule has 2 amide bonds. The fourth-order valence-corrected chi connectivity index (χ4v) is 5.86. The van der Waals surface area contributed by atoms with Gasteiger partial charge < -0.3 is 10.2 Å². The van der Waals surface area contributed by atoms with Gasteiger partial charge in [0, 0.05) is 19.3 Å². The summed E-state index contributed by atoms with van der Waals surface area (Å²) in [7, 11) is 0. The van der Waals surface area contributed by atoms with Crippen molar-refractivity contribution < 1.29 is 9.59 Å². The zero-order valence-corrected chi connectivity index (χ0v) is 21.1. The number of carbonyl (C=O) groups excluding carboxylic acids is 2. The summed E-state index contributed by atoms with van der Waals surface area (Å²) < 4.78 is 0. The molecular weight excluding hydrogens is 466 g/mol. The van der Waals surface area contributed by atoms with E-state index in [9.17, 15) is 9.59 Å². The molecule has 182 valence electrons. The highest BCUT2D eigenvalue weighted by atomic mass is 32.1. The first-order valence-electron chi connectivity index (χ1n) is 12.3. The zero-order valence-electron chi connectivity index (χ0n) is 20.3. The second-order valence-electron chi connectivity index (χ2n) is 9.23. The van der Waals surface area contributed by atoms with E-state index >= 15 is 0 Å². The lowest BCUT2D eigenvalue weighted by molar-refractivity contribution is -0.129. The van der Waals surface area contributed by atoms with Gasteiger partial charge in [-0.2, -0.15) is 0 Å². The van der Waals surface area contributed by atoms with Gasteiger partial charge in [-0.25, -0.2) is 0 Å². The van der Waals surface area contributed by atoms with Crippen molar-refractivity contribution in [1.29, 1.82) is 0 Å². The third-order valence-electron chi connectivity index (χ3n) is 7.05. The molecule has 5 rings (SSSR count). The van der Waals surface area contributed by atoms with Crippen LogP contribution in [-0.4, -0.2) is 34.8 Å². The number of benzene rings is 2. The van der Waals surface area contributed by atoms with Crippen LogP contribution in [0, 0.1) is 0 Å². The second-order valence-corrected chi connectivity index (χ2v) is 10.3. The van der Waals surface area contributed by atoms with Crippen LogP contribution in [0.4, 0.5) is 0 Å². The molecule has 1 N–H and O–H groups in total. The summed E-state index contributed by atoms with van der Waals surface area (Å²) in [6, 6.07) is 29.5. The van der Waals surface area contributed by atoms with E-state index in [-0.39, 0.29) is 17.9 Å². The number of pyridine rings is 1. The molecule has 1 unspecified atom stereocenters. The normalized spacial score (nSPS) is 15.8. The van der Waals surface area contributed by atoms with Crippen LogP contribution in [-0.2, 0) is 10.2 Å². The number of thiophene rings is 1.